The second-order valence-corrected chi connectivity index (χ2v) is 3.88. The maximum Gasteiger partial charge on any atom is 0.354 e. The number of aromatic nitrogens is 2. The first-order chi connectivity index (χ1) is 9.08. The van der Waals surface area contributed by atoms with Gasteiger partial charge in [-0.05, 0) is 37.3 Å². The van der Waals surface area contributed by atoms with E-state index in [2.05, 4.69) is 15.3 Å². The average Bonchev–Trinajstić information content (AvgIpc) is 2.39. The lowest BCUT2D eigenvalue weighted by Gasteiger charge is -2.07. The second kappa shape index (κ2) is 5.34. The van der Waals surface area contributed by atoms with Crippen LogP contribution in [-0.2, 0) is 0 Å². The van der Waals surface area contributed by atoms with Crippen molar-refractivity contribution in [3.05, 3.63) is 41.7 Å². The van der Waals surface area contributed by atoms with Crippen molar-refractivity contribution in [3.8, 4) is 5.75 Å². The Morgan fingerprint density at radius 1 is 1.26 bits per heavy atom. The van der Waals surface area contributed by atoms with Crippen LogP contribution >= 0.6 is 0 Å². The van der Waals surface area contributed by atoms with Gasteiger partial charge in [-0.1, -0.05) is 0 Å². The number of anilines is 2. The van der Waals surface area contributed by atoms with Gasteiger partial charge in [-0.15, -0.1) is 0 Å². The molecule has 0 spiro atoms. The Kier molecular flexibility index (Phi) is 3.61. The van der Waals surface area contributed by atoms with Crippen LogP contribution < -0.4 is 10.1 Å². The SMILES string of the molecule is COc1ccc(Nc2nc(C)cc(C(=O)O)n2)cc1. The molecule has 0 fully saturated rings. The van der Waals surface area contributed by atoms with Crippen molar-refractivity contribution in [2.45, 2.75) is 6.92 Å². The third kappa shape index (κ3) is 3.19. The number of aryl methyl sites for hydroxylation is 1. The quantitative estimate of drug-likeness (QED) is 0.875. The van der Waals surface area contributed by atoms with E-state index in [0.717, 1.165) is 11.4 Å². The Balaban J connectivity index is 2.24. The maximum atomic E-state index is 10.9. The monoisotopic (exact) mass is 259 g/mol. The van der Waals surface area contributed by atoms with E-state index in [1.165, 1.54) is 6.07 Å². The van der Waals surface area contributed by atoms with Crippen molar-refractivity contribution < 1.29 is 14.6 Å². The summed E-state index contributed by atoms with van der Waals surface area (Å²) in [5, 5.41) is 11.9. The number of carbonyl (C=O) groups is 1. The lowest BCUT2D eigenvalue weighted by Crippen LogP contribution is -2.06. The van der Waals surface area contributed by atoms with E-state index < -0.39 is 5.97 Å². The molecular weight excluding hydrogens is 246 g/mol. The minimum absolute atomic E-state index is 0.0384. The van der Waals surface area contributed by atoms with Crippen molar-refractivity contribution in [2.24, 2.45) is 0 Å². The van der Waals surface area contributed by atoms with Gasteiger partial charge in [-0.2, -0.15) is 0 Å². The molecule has 0 saturated heterocycles. The van der Waals surface area contributed by atoms with E-state index in [1.807, 2.05) is 0 Å². The Morgan fingerprint density at radius 2 is 1.95 bits per heavy atom. The lowest BCUT2D eigenvalue weighted by atomic mass is 10.3. The summed E-state index contributed by atoms with van der Waals surface area (Å²) in [6.45, 7) is 1.72. The van der Waals surface area contributed by atoms with Gasteiger partial charge in [-0.25, -0.2) is 14.8 Å². The molecule has 98 valence electrons. The average molecular weight is 259 g/mol. The molecule has 0 aliphatic rings. The molecule has 0 amide bonds. The summed E-state index contributed by atoms with van der Waals surface area (Å²) in [4.78, 5) is 19.0. The van der Waals surface area contributed by atoms with Crippen LogP contribution in [0.25, 0.3) is 0 Å². The van der Waals surface area contributed by atoms with Crippen molar-refractivity contribution in [1.29, 1.82) is 0 Å². The molecule has 0 saturated carbocycles. The van der Waals surface area contributed by atoms with Gasteiger partial charge >= 0.3 is 5.97 Å². The highest BCUT2D eigenvalue weighted by Crippen LogP contribution is 2.18. The topological polar surface area (TPSA) is 84.3 Å². The van der Waals surface area contributed by atoms with E-state index in [-0.39, 0.29) is 11.6 Å². The van der Waals surface area contributed by atoms with Gasteiger partial charge in [0, 0.05) is 11.4 Å². The molecule has 6 heteroatoms. The van der Waals surface area contributed by atoms with E-state index >= 15 is 0 Å². The zero-order valence-electron chi connectivity index (χ0n) is 10.5. The zero-order chi connectivity index (χ0) is 13.8. The van der Waals surface area contributed by atoms with Crippen LogP contribution in [-0.4, -0.2) is 28.2 Å². The van der Waals surface area contributed by atoms with Crippen LogP contribution in [0.15, 0.2) is 30.3 Å². The van der Waals surface area contributed by atoms with E-state index in [1.54, 1.807) is 38.3 Å². The molecular formula is C13H13N3O3. The van der Waals surface area contributed by atoms with Crippen LogP contribution in [0.1, 0.15) is 16.2 Å². The Bertz CT molecular complexity index is 597. The Labute approximate surface area is 110 Å². The van der Waals surface area contributed by atoms with Gasteiger partial charge in [-0.3, -0.25) is 0 Å². The number of methoxy groups -OCH3 is 1. The molecule has 19 heavy (non-hydrogen) atoms. The molecule has 0 bridgehead atoms. The Morgan fingerprint density at radius 3 is 2.53 bits per heavy atom. The number of carboxylic acid groups (broad SMARTS) is 1. The van der Waals surface area contributed by atoms with E-state index in [0.29, 0.717) is 5.69 Å². The highest BCUT2D eigenvalue weighted by molar-refractivity contribution is 5.85. The van der Waals surface area contributed by atoms with Crippen molar-refractivity contribution in [3.63, 3.8) is 0 Å². The summed E-state index contributed by atoms with van der Waals surface area (Å²) in [6.07, 6.45) is 0. The molecule has 0 aliphatic heterocycles. The molecule has 0 radical (unpaired) electrons. The van der Waals surface area contributed by atoms with Gasteiger partial charge in [0.15, 0.2) is 5.69 Å². The predicted molar refractivity (Wildman–Crippen MR) is 70.0 cm³/mol. The molecule has 1 aromatic heterocycles. The van der Waals surface area contributed by atoms with Crippen LogP contribution in [0, 0.1) is 6.92 Å². The molecule has 2 rings (SSSR count). The van der Waals surface area contributed by atoms with Crippen LogP contribution in [0.5, 0.6) is 5.75 Å². The number of carboxylic acids is 1. The summed E-state index contributed by atoms with van der Waals surface area (Å²) in [7, 11) is 1.59. The molecule has 1 heterocycles. The van der Waals surface area contributed by atoms with Crippen molar-refractivity contribution >= 4 is 17.6 Å². The number of nitrogens with one attached hydrogen (secondary N) is 1. The summed E-state index contributed by atoms with van der Waals surface area (Å²) < 4.78 is 5.05. The van der Waals surface area contributed by atoms with Gasteiger partial charge < -0.3 is 15.2 Å². The first-order valence-electron chi connectivity index (χ1n) is 5.58. The van der Waals surface area contributed by atoms with Crippen LogP contribution in [0.4, 0.5) is 11.6 Å². The molecule has 2 N–H and O–H groups in total. The smallest absolute Gasteiger partial charge is 0.354 e. The lowest BCUT2D eigenvalue weighted by molar-refractivity contribution is 0.0690. The predicted octanol–water partition coefficient (Wildman–Crippen LogP) is 2.24. The number of rotatable bonds is 4. The summed E-state index contributed by atoms with van der Waals surface area (Å²) in [6, 6.07) is 8.59. The zero-order valence-corrected chi connectivity index (χ0v) is 10.5. The third-order valence-electron chi connectivity index (χ3n) is 2.42. The summed E-state index contributed by atoms with van der Waals surface area (Å²) >= 11 is 0. The van der Waals surface area contributed by atoms with Gasteiger partial charge in [0.1, 0.15) is 5.75 Å². The molecule has 0 aliphatic carbocycles. The normalized spacial score (nSPS) is 10.0. The highest BCUT2D eigenvalue weighted by atomic mass is 16.5. The van der Waals surface area contributed by atoms with Crippen LogP contribution in [0.2, 0.25) is 0 Å². The number of nitrogens with zero attached hydrogens (tertiary/aromatic N) is 2. The van der Waals surface area contributed by atoms with E-state index in [9.17, 15) is 4.79 Å². The third-order valence-corrected chi connectivity index (χ3v) is 2.42. The number of hydrogen-bond donors (Lipinski definition) is 2. The molecule has 2 aromatic rings. The largest absolute Gasteiger partial charge is 0.497 e. The first-order valence-corrected chi connectivity index (χ1v) is 5.58. The number of hydrogen-bond acceptors (Lipinski definition) is 5. The number of aromatic carboxylic acids is 1. The maximum absolute atomic E-state index is 10.9. The fraction of sp³-hybridized carbons (Fsp3) is 0.154. The fourth-order valence-electron chi connectivity index (χ4n) is 1.54. The van der Waals surface area contributed by atoms with Crippen molar-refractivity contribution in [2.75, 3.05) is 12.4 Å². The minimum atomic E-state index is -1.08. The number of benzene rings is 1. The molecule has 0 unspecified atom stereocenters. The fourth-order valence-corrected chi connectivity index (χ4v) is 1.54. The minimum Gasteiger partial charge on any atom is -0.497 e. The summed E-state index contributed by atoms with van der Waals surface area (Å²) in [5.41, 5.74) is 1.30. The highest BCUT2D eigenvalue weighted by Gasteiger charge is 2.08. The van der Waals surface area contributed by atoms with E-state index in [4.69, 9.17) is 9.84 Å². The number of ether oxygens (including phenoxy) is 1. The molecule has 6 nitrogen and oxygen atoms in total. The van der Waals surface area contributed by atoms with Gasteiger partial charge in [0.2, 0.25) is 5.95 Å². The molecule has 0 atom stereocenters. The van der Waals surface area contributed by atoms with Gasteiger partial charge in [0.05, 0.1) is 7.11 Å². The van der Waals surface area contributed by atoms with Crippen LogP contribution in [0.3, 0.4) is 0 Å². The molecule has 1 aromatic carbocycles. The van der Waals surface area contributed by atoms with Crippen molar-refractivity contribution in [1.82, 2.24) is 9.97 Å². The van der Waals surface area contributed by atoms with Gasteiger partial charge in [0.25, 0.3) is 0 Å². The first kappa shape index (κ1) is 12.8. The second-order valence-electron chi connectivity index (χ2n) is 3.88. The standard InChI is InChI=1S/C13H13N3O3/c1-8-7-11(12(17)18)16-13(14-8)15-9-3-5-10(19-2)6-4-9/h3-7H,1-2H3,(H,17,18)(H,14,15,16). The Hall–Kier alpha value is -2.63. The summed E-state index contributed by atoms with van der Waals surface area (Å²) in [5.74, 6) is -0.0900.